The van der Waals surface area contributed by atoms with Gasteiger partial charge in [0.25, 0.3) is 0 Å². The molecule has 102 valence electrons. The summed E-state index contributed by atoms with van der Waals surface area (Å²) in [5, 5.41) is 14.6. The summed E-state index contributed by atoms with van der Waals surface area (Å²) in [5.41, 5.74) is 4.80. The summed E-state index contributed by atoms with van der Waals surface area (Å²) in [6, 6.07) is 6.17. The molecule has 0 amide bonds. The third-order valence-electron chi connectivity index (χ3n) is 3.25. The van der Waals surface area contributed by atoms with E-state index in [4.69, 9.17) is 11.6 Å². The largest absolute Gasteiger partial charge is 0.391 e. The molecule has 1 heterocycles. The smallest absolute Gasteiger partial charge is 0.138 e. The molecule has 0 saturated carbocycles. The SMILES string of the molecule is Cc1ccc(C)c(-n2nc(C(C)C)c(CO)c2Cl)c1. The van der Waals surface area contributed by atoms with Gasteiger partial charge in [-0.15, -0.1) is 0 Å². The predicted octanol–water partition coefficient (Wildman–Crippen LogP) is 3.76. The maximum atomic E-state index is 9.49. The monoisotopic (exact) mass is 278 g/mol. The molecule has 0 unspecified atom stereocenters. The van der Waals surface area contributed by atoms with E-state index in [1.807, 2.05) is 27.7 Å². The third kappa shape index (κ3) is 2.53. The van der Waals surface area contributed by atoms with Gasteiger partial charge in [-0.3, -0.25) is 0 Å². The lowest BCUT2D eigenvalue weighted by molar-refractivity contribution is 0.280. The van der Waals surface area contributed by atoms with E-state index in [9.17, 15) is 5.11 Å². The number of aliphatic hydroxyl groups is 1. The Hall–Kier alpha value is -1.32. The van der Waals surface area contributed by atoms with Gasteiger partial charge in [-0.1, -0.05) is 37.6 Å². The zero-order valence-electron chi connectivity index (χ0n) is 11.7. The molecule has 1 N–H and O–H groups in total. The van der Waals surface area contributed by atoms with Crippen LogP contribution in [0, 0.1) is 13.8 Å². The van der Waals surface area contributed by atoms with Crippen molar-refractivity contribution in [1.82, 2.24) is 9.78 Å². The quantitative estimate of drug-likeness (QED) is 0.928. The van der Waals surface area contributed by atoms with Crippen molar-refractivity contribution in [3.63, 3.8) is 0 Å². The van der Waals surface area contributed by atoms with Crippen molar-refractivity contribution < 1.29 is 5.11 Å². The van der Waals surface area contributed by atoms with Crippen LogP contribution in [0.2, 0.25) is 5.15 Å². The van der Waals surface area contributed by atoms with E-state index in [1.165, 1.54) is 0 Å². The van der Waals surface area contributed by atoms with Gasteiger partial charge in [-0.05, 0) is 37.0 Å². The first-order valence-electron chi connectivity index (χ1n) is 6.41. The summed E-state index contributed by atoms with van der Waals surface area (Å²) < 4.78 is 1.73. The fourth-order valence-corrected chi connectivity index (χ4v) is 2.45. The highest BCUT2D eigenvalue weighted by Crippen LogP contribution is 2.29. The third-order valence-corrected chi connectivity index (χ3v) is 3.64. The Morgan fingerprint density at radius 3 is 2.53 bits per heavy atom. The molecule has 0 radical (unpaired) electrons. The van der Waals surface area contributed by atoms with E-state index in [1.54, 1.807) is 4.68 Å². The summed E-state index contributed by atoms with van der Waals surface area (Å²) in [4.78, 5) is 0. The number of benzene rings is 1. The van der Waals surface area contributed by atoms with Crippen LogP contribution in [0.4, 0.5) is 0 Å². The molecule has 0 bridgehead atoms. The molecule has 0 saturated heterocycles. The average Bonchev–Trinajstić information content (AvgIpc) is 2.69. The van der Waals surface area contributed by atoms with Crippen molar-refractivity contribution >= 4 is 11.6 Å². The highest BCUT2D eigenvalue weighted by molar-refractivity contribution is 6.30. The fourth-order valence-electron chi connectivity index (χ4n) is 2.16. The molecule has 0 atom stereocenters. The molecule has 4 heteroatoms. The summed E-state index contributed by atoms with van der Waals surface area (Å²) in [5.74, 6) is 0.228. The maximum Gasteiger partial charge on any atom is 0.138 e. The topological polar surface area (TPSA) is 38.0 Å². The summed E-state index contributed by atoms with van der Waals surface area (Å²) >= 11 is 6.37. The Bertz CT molecular complexity index is 602. The number of aliphatic hydroxyl groups excluding tert-OH is 1. The van der Waals surface area contributed by atoms with Crippen LogP contribution in [-0.4, -0.2) is 14.9 Å². The minimum Gasteiger partial charge on any atom is -0.391 e. The molecule has 0 fully saturated rings. The second kappa shape index (κ2) is 5.35. The molecular weight excluding hydrogens is 260 g/mol. The first kappa shape index (κ1) is 14.1. The summed E-state index contributed by atoms with van der Waals surface area (Å²) in [7, 11) is 0. The molecule has 3 nitrogen and oxygen atoms in total. The van der Waals surface area contributed by atoms with Crippen LogP contribution in [0.25, 0.3) is 5.69 Å². The van der Waals surface area contributed by atoms with Crippen molar-refractivity contribution in [1.29, 1.82) is 0 Å². The van der Waals surface area contributed by atoms with Gasteiger partial charge in [0.1, 0.15) is 5.15 Å². The lowest BCUT2D eigenvalue weighted by Gasteiger charge is -2.08. The van der Waals surface area contributed by atoms with E-state index in [0.29, 0.717) is 5.15 Å². The molecule has 2 rings (SSSR count). The van der Waals surface area contributed by atoms with Crippen LogP contribution < -0.4 is 0 Å². The molecule has 2 aromatic rings. The highest BCUT2D eigenvalue weighted by atomic mass is 35.5. The lowest BCUT2D eigenvalue weighted by atomic mass is 10.1. The Balaban J connectivity index is 2.66. The first-order valence-corrected chi connectivity index (χ1v) is 6.79. The number of aryl methyl sites for hydroxylation is 2. The van der Waals surface area contributed by atoms with Crippen LogP contribution in [0.15, 0.2) is 18.2 Å². The highest BCUT2D eigenvalue weighted by Gasteiger charge is 2.19. The Labute approximate surface area is 118 Å². The Kier molecular flexibility index (Phi) is 3.97. The van der Waals surface area contributed by atoms with Crippen LogP contribution in [0.3, 0.4) is 0 Å². The number of rotatable bonds is 3. The predicted molar refractivity (Wildman–Crippen MR) is 78.1 cm³/mol. The van der Waals surface area contributed by atoms with Crippen molar-refractivity contribution in [2.45, 2.75) is 40.2 Å². The van der Waals surface area contributed by atoms with Gasteiger partial charge in [0.15, 0.2) is 0 Å². The molecule has 19 heavy (non-hydrogen) atoms. The second-order valence-electron chi connectivity index (χ2n) is 5.17. The number of aromatic nitrogens is 2. The zero-order valence-corrected chi connectivity index (χ0v) is 12.5. The van der Waals surface area contributed by atoms with Crippen LogP contribution in [-0.2, 0) is 6.61 Å². The molecule has 0 aliphatic carbocycles. The number of nitrogens with zero attached hydrogens (tertiary/aromatic N) is 2. The van der Waals surface area contributed by atoms with Crippen LogP contribution >= 0.6 is 11.6 Å². The van der Waals surface area contributed by atoms with E-state index in [-0.39, 0.29) is 12.5 Å². The molecule has 0 spiro atoms. The Morgan fingerprint density at radius 1 is 1.32 bits per heavy atom. The van der Waals surface area contributed by atoms with Gasteiger partial charge >= 0.3 is 0 Å². The van der Waals surface area contributed by atoms with Crippen molar-refractivity contribution in [3.8, 4) is 5.69 Å². The fraction of sp³-hybridized carbons (Fsp3) is 0.400. The van der Waals surface area contributed by atoms with E-state index < -0.39 is 0 Å². The summed E-state index contributed by atoms with van der Waals surface area (Å²) in [6.45, 7) is 8.07. The zero-order chi connectivity index (χ0) is 14.2. The van der Waals surface area contributed by atoms with Gasteiger partial charge in [-0.2, -0.15) is 5.10 Å². The van der Waals surface area contributed by atoms with Gasteiger partial charge in [0.05, 0.1) is 18.0 Å². The molecule has 1 aromatic heterocycles. The number of hydrogen-bond donors (Lipinski definition) is 1. The lowest BCUT2D eigenvalue weighted by Crippen LogP contribution is -2.01. The normalized spacial score (nSPS) is 11.3. The molecule has 0 aliphatic heterocycles. The molecule has 1 aromatic carbocycles. The first-order chi connectivity index (χ1) is 8.95. The van der Waals surface area contributed by atoms with Gasteiger partial charge in [-0.25, -0.2) is 4.68 Å². The van der Waals surface area contributed by atoms with Gasteiger partial charge < -0.3 is 5.11 Å². The van der Waals surface area contributed by atoms with E-state index in [2.05, 4.69) is 23.3 Å². The average molecular weight is 279 g/mol. The minimum atomic E-state index is -0.0861. The van der Waals surface area contributed by atoms with Gasteiger partial charge in [0, 0.05) is 5.56 Å². The number of halogens is 1. The number of hydrogen-bond acceptors (Lipinski definition) is 2. The second-order valence-corrected chi connectivity index (χ2v) is 5.53. The standard InChI is InChI=1S/C15H19ClN2O/c1-9(2)14-12(8-19)15(16)18(17-14)13-7-10(3)5-6-11(13)4/h5-7,9,19H,8H2,1-4H3. The van der Waals surface area contributed by atoms with Gasteiger partial charge in [0.2, 0.25) is 0 Å². The van der Waals surface area contributed by atoms with Crippen LogP contribution in [0.5, 0.6) is 0 Å². The molecule has 0 aliphatic rings. The maximum absolute atomic E-state index is 9.49. The summed E-state index contributed by atoms with van der Waals surface area (Å²) in [6.07, 6.45) is 0. The van der Waals surface area contributed by atoms with Crippen molar-refractivity contribution in [3.05, 3.63) is 45.7 Å². The van der Waals surface area contributed by atoms with E-state index in [0.717, 1.165) is 28.1 Å². The van der Waals surface area contributed by atoms with E-state index >= 15 is 0 Å². The van der Waals surface area contributed by atoms with Crippen molar-refractivity contribution in [2.75, 3.05) is 0 Å². The Morgan fingerprint density at radius 2 is 2.00 bits per heavy atom. The van der Waals surface area contributed by atoms with Crippen molar-refractivity contribution in [2.24, 2.45) is 0 Å². The van der Waals surface area contributed by atoms with Crippen LogP contribution in [0.1, 0.15) is 42.1 Å². The molecular formula is C15H19ClN2O. The minimum absolute atomic E-state index is 0.0861.